The summed E-state index contributed by atoms with van der Waals surface area (Å²) in [6, 6.07) is 30.2. The summed E-state index contributed by atoms with van der Waals surface area (Å²) in [5, 5.41) is 7.89. The van der Waals surface area contributed by atoms with Crippen LogP contribution < -0.4 is 14.8 Å². The quantitative estimate of drug-likeness (QED) is 0.229. The van der Waals surface area contributed by atoms with Gasteiger partial charge in [-0.3, -0.25) is 9.59 Å². The van der Waals surface area contributed by atoms with E-state index in [1.807, 2.05) is 80.6 Å². The van der Waals surface area contributed by atoms with Crippen molar-refractivity contribution in [2.75, 3.05) is 12.4 Å². The van der Waals surface area contributed by atoms with Crippen molar-refractivity contribution in [3.63, 3.8) is 0 Å². The Bertz CT molecular complexity index is 1690. The number of esters is 1. The first-order valence-electron chi connectivity index (χ1n) is 12.8. The molecule has 200 valence electrons. The highest BCUT2D eigenvalue weighted by Crippen LogP contribution is 2.41. The summed E-state index contributed by atoms with van der Waals surface area (Å²) in [6.07, 6.45) is 0. The average molecular weight is 532 g/mol. The Kier molecular flexibility index (Phi) is 7.46. The summed E-state index contributed by atoms with van der Waals surface area (Å²) < 4.78 is 12.7. The summed E-state index contributed by atoms with van der Waals surface area (Å²) in [6.45, 7) is 5.39. The second-order valence-corrected chi connectivity index (χ2v) is 9.45. The summed E-state index contributed by atoms with van der Waals surface area (Å²) in [4.78, 5) is 25.1. The van der Waals surface area contributed by atoms with Crippen molar-refractivity contribution >= 4 is 17.6 Å². The summed E-state index contributed by atoms with van der Waals surface area (Å²) in [7, 11) is 1.58. The molecule has 0 saturated heterocycles. The van der Waals surface area contributed by atoms with Gasteiger partial charge in [-0.1, -0.05) is 54.1 Å². The molecular formula is C33H29N3O4. The Labute approximate surface area is 233 Å². The molecule has 0 atom stereocenters. The molecule has 0 saturated carbocycles. The number of methoxy groups -OCH3 is 1. The minimum absolute atomic E-state index is 0.233. The lowest BCUT2D eigenvalue weighted by Gasteiger charge is -2.12. The van der Waals surface area contributed by atoms with Crippen molar-refractivity contribution in [2.45, 2.75) is 20.8 Å². The standard InChI is InChI=1S/C33H29N3O4/c1-21-8-7-10-26(20-21)31-30(33(40-23(3)37)36(35-31)29-11-6-5-9-22(29)2)24-12-16-27(17-13-24)34-32(38)25-14-18-28(39-4)19-15-25/h5-20H,1-4H3,(H,34,38). The van der Waals surface area contributed by atoms with Gasteiger partial charge in [-0.2, -0.15) is 9.78 Å². The van der Waals surface area contributed by atoms with E-state index in [4.69, 9.17) is 14.6 Å². The van der Waals surface area contributed by atoms with Crippen molar-refractivity contribution in [1.29, 1.82) is 0 Å². The lowest BCUT2D eigenvalue weighted by Crippen LogP contribution is -2.11. The van der Waals surface area contributed by atoms with Gasteiger partial charge in [0.15, 0.2) is 0 Å². The molecule has 0 radical (unpaired) electrons. The van der Waals surface area contributed by atoms with Crippen molar-refractivity contribution in [2.24, 2.45) is 0 Å². The van der Waals surface area contributed by atoms with Crippen LogP contribution in [-0.2, 0) is 4.79 Å². The second kappa shape index (κ2) is 11.3. The van der Waals surface area contributed by atoms with Crippen LogP contribution in [0.15, 0.2) is 97.1 Å². The maximum absolute atomic E-state index is 12.8. The van der Waals surface area contributed by atoms with Crippen molar-refractivity contribution in [3.8, 4) is 39.7 Å². The lowest BCUT2D eigenvalue weighted by atomic mass is 10.00. The van der Waals surface area contributed by atoms with Crippen LogP contribution in [0.5, 0.6) is 11.6 Å². The maximum Gasteiger partial charge on any atom is 0.309 e. The molecule has 0 aliphatic heterocycles. The number of nitrogens with one attached hydrogen (secondary N) is 1. The van der Waals surface area contributed by atoms with Gasteiger partial charge in [0.25, 0.3) is 5.91 Å². The number of hydrogen-bond donors (Lipinski definition) is 1. The van der Waals surface area contributed by atoms with E-state index < -0.39 is 5.97 Å². The van der Waals surface area contributed by atoms with Crippen molar-refractivity contribution in [1.82, 2.24) is 9.78 Å². The van der Waals surface area contributed by atoms with Crippen LogP contribution >= 0.6 is 0 Å². The molecule has 1 heterocycles. The van der Waals surface area contributed by atoms with E-state index in [0.29, 0.717) is 34.1 Å². The molecule has 0 bridgehead atoms. The molecule has 1 N–H and O–H groups in total. The third-order valence-corrected chi connectivity index (χ3v) is 6.50. The monoisotopic (exact) mass is 531 g/mol. The summed E-state index contributed by atoms with van der Waals surface area (Å²) in [5.74, 6) is 0.326. The first-order valence-corrected chi connectivity index (χ1v) is 12.8. The van der Waals surface area contributed by atoms with Gasteiger partial charge in [0.2, 0.25) is 5.88 Å². The largest absolute Gasteiger partial charge is 0.497 e. The molecule has 5 aromatic rings. The predicted octanol–water partition coefficient (Wildman–Crippen LogP) is 7.01. The molecule has 1 aromatic heterocycles. The molecule has 40 heavy (non-hydrogen) atoms. The van der Waals surface area contributed by atoms with Crippen LogP contribution in [0.3, 0.4) is 0 Å². The van der Waals surface area contributed by atoms with Crippen LogP contribution in [0, 0.1) is 13.8 Å². The zero-order valence-corrected chi connectivity index (χ0v) is 22.8. The van der Waals surface area contributed by atoms with E-state index >= 15 is 0 Å². The number of hydrogen-bond acceptors (Lipinski definition) is 5. The third kappa shape index (κ3) is 5.49. The van der Waals surface area contributed by atoms with E-state index in [9.17, 15) is 9.59 Å². The van der Waals surface area contributed by atoms with Gasteiger partial charge in [-0.15, -0.1) is 0 Å². The lowest BCUT2D eigenvalue weighted by molar-refractivity contribution is -0.132. The van der Waals surface area contributed by atoms with Crippen LogP contribution in [-0.4, -0.2) is 28.8 Å². The number of rotatable bonds is 7. The number of benzene rings is 4. The number of amides is 1. The van der Waals surface area contributed by atoms with Crippen LogP contribution in [0.1, 0.15) is 28.4 Å². The number of aromatic nitrogens is 2. The molecule has 0 unspecified atom stereocenters. The molecule has 7 heteroatoms. The summed E-state index contributed by atoms with van der Waals surface area (Å²) >= 11 is 0. The highest BCUT2D eigenvalue weighted by Gasteiger charge is 2.25. The molecule has 5 rings (SSSR count). The predicted molar refractivity (Wildman–Crippen MR) is 156 cm³/mol. The molecule has 4 aromatic carbocycles. The minimum atomic E-state index is -0.449. The van der Waals surface area contributed by atoms with E-state index in [0.717, 1.165) is 27.9 Å². The van der Waals surface area contributed by atoms with E-state index in [-0.39, 0.29) is 5.91 Å². The van der Waals surface area contributed by atoms with Gasteiger partial charge in [0, 0.05) is 23.7 Å². The van der Waals surface area contributed by atoms with Gasteiger partial charge in [-0.05, 0) is 73.5 Å². The Morgan fingerprint density at radius 3 is 2.20 bits per heavy atom. The number of aryl methyl sites for hydroxylation is 2. The topological polar surface area (TPSA) is 82.4 Å². The van der Waals surface area contributed by atoms with E-state index in [1.54, 1.807) is 36.1 Å². The summed E-state index contributed by atoms with van der Waals surface area (Å²) in [5.41, 5.74) is 7.06. The number of carbonyl (C=O) groups excluding carboxylic acids is 2. The Hall–Kier alpha value is -5.17. The van der Waals surface area contributed by atoms with Crippen LogP contribution in [0.25, 0.3) is 28.1 Å². The Morgan fingerprint density at radius 1 is 0.825 bits per heavy atom. The molecule has 0 fully saturated rings. The fourth-order valence-corrected chi connectivity index (χ4v) is 4.52. The van der Waals surface area contributed by atoms with Crippen LogP contribution in [0.2, 0.25) is 0 Å². The highest BCUT2D eigenvalue weighted by atomic mass is 16.5. The van der Waals surface area contributed by atoms with Gasteiger partial charge in [0.1, 0.15) is 11.4 Å². The molecule has 1 amide bonds. The number of nitrogens with zero attached hydrogens (tertiary/aromatic N) is 2. The molecule has 7 nitrogen and oxygen atoms in total. The van der Waals surface area contributed by atoms with E-state index in [2.05, 4.69) is 11.4 Å². The average Bonchev–Trinajstić information content (AvgIpc) is 3.32. The normalized spacial score (nSPS) is 10.7. The van der Waals surface area contributed by atoms with Gasteiger partial charge < -0.3 is 14.8 Å². The van der Waals surface area contributed by atoms with Crippen molar-refractivity contribution < 1.29 is 19.1 Å². The molecule has 0 aliphatic carbocycles. The highest BCUT2D eigenvalue weighted by molar-refractivity contribution is 6.04. The van der Waals surface area contributed by atoms with Crippen LogP contribution in [0.4, 0.5) is 5.69 Å². The SMILES string of the molecule is COc1ccc(C(=O)Nc2ccc(-c3c(-c4cccc(C)c4)nn(-c4ccccc4C)c3OC(C)=O)cc2)cc1. The fraction of sp³-hybridized carbons (Fsp3) is 0.121. The fourth-order valence-electron chi connectivity index (χ4n) is 4.52. The van der Waals surface area contributed by atoms with Gasteiger partial charge in [0.05, 0.1) is 18.4 Å². The van der Waals surface area contributed by atoms with Gasteiger partial charge in [-0.25, -0.2) is 0 Å². The first-order chi connectivity index (χ1) is 19.3. The van der Waals surface area contributed by atoms with Crippen molar-refractivity contribution in [3.05, 3.63) is 114 Å². The first kappa shape index (κ1) is 26.4. The minimum Gasteiger partial charge on any atom is -0.497 e. The Morgan fingerprint density at radius 2 is 1.55 bits per heavy atom. The molecule has 0 aliphatic rings. The zero-order valence-electron chi connectivity index (χ0n) is 22.8. The number of para-hydroxylation sites is 1. The number of anilines is 1. The molecule has 0 spiro atoms. The maximum atomic E-state index is 12.8. The van der Waals surface area contributed by atoms with E-state index in [1.165, 1.54) is 6.92 Å². The van der Waals surface area contributed by atoms with Gasteiger partial charge >= 0.3 is 5.97 Å². The Balaban J connectivity index is 1.59. The smallest absolute Gasteiger partial charge is 0.309 e. The number of ether oxygens (including phenoxy) is 2. The zero-order chi connectivity index (χ0) is 28.2. The third-order valence-electron chi connectivity index (χ3n) is 6.50. The number of carbonyl (C=O) groups is 2. The molecular weight excluding hydrogens is 502 g/mol. The second-order valence-electron chi connectivity index (χ2n) is 9.45.